The van der Waals surface area contributed by atoms with Crippen LogP contribution in [0.4, 0.5) is 0 Å². The van der Waals surface area contributed by atoms with E-state index in [1.54, 1.807) is 0 Å². The molecule has 2 aliphatic carbocycles. The molecule has 0 aromatic heterocycles. The van der Waals surface area contributed by atoms with Crippen LogP contribution in [0.1, 0.15) is 83.7 Å². The van der Waals surface area contributed by atoms with E-state index in [0.717, 1.165) is 12.8 Å². The molecule has 2 aromatic rings. The molecule has 0 saturated heterocycles. The number of hydrogen-bond donors (Lipinski definition) is 0. The maximum atomic E-state index is 13.2. The monoisotopic (exact) mass is 374 g/mol. The van der Waals surface area contributed by atoms with E-state index in [1.165, 1.54) is 59.1 Å². The van der Waals surface area contributed by atoms with Crippen LogP contribution in [0.3, 0.4) is 0 Å². The fraction of sp³-hybridized carbons (Fsp3) is 0.519. The van der Waals surface area contributed by atoms with Gasteiger partial charge in [-0.15, -0.1) is 0 Å². The summed E-state index contributed by atoms with van der Waals surface area (Å²) in [6, 6.07) is 13.5. The smallest absolute Gasteiger partial charge is 0.134 e. The number of Topliss-reactive ketones (excluding diaryl/α,β-unsaturated/α-hetero) is 1. The maximum absolute atomic E-state index is 13.2. The Balaban J connectivity index is 1.51. The molecule has 0 bridgehead atoms. The average Bonchev–Trinajstić information content (AvgIpc) is 3.53. The van der Waals surface area contributed by atoms with Crippen molar-refractivity contribution in [2.75, 3.05) is 0 Å². The lowest BCUT2D eigenvalue weighted by atomic mass is 9.81. The van der Waals surface area contributed by atoms with Gasteiger partial charge in [0.2, 0.25) is 0 Å². The average molecular weight is 375 g/mol. The van der Waals surface area contributed by atoms with Gasteiger partial charge in [0.15, 0.2) is 0 Å². The Labute approximate surface area is 170 Å². The summed E-state index contributed by atoms with van der Waals surface area (Å²) in [6.45, 7) is 8.73. The lowest BCUT2D eigenvalue weighted by Crippen LogP contribution is -2.15. The molecule has 1 nitrogen and oxygen atoms in total. The Morgan fingerprint density at radius 2 is 1.14 bits per heavy atom. The van der Waals surface area contributed by atoms with Crippen molar-refractivity contribution in [3.05, 3.63) is 69.8 Å². The number of aryl methyl sites for hydroxylation is 4. The number of benzene rings is 2. The molecule has 0 amide bonds. The molecule has 0 radical (unpaired) electrons. The molecule has 2 aliphatic rings. The van der Waals surface area contributed by atoms with Gasteiger partial charge in [-0.3, -0.25) is 4.79 Å². The molecule has 4 rings (SSSR count). The third-order valence-electron chi connectivity index (χ3n) is 6.93. The highest BCUT2D eigenvalue weighted by molar-refractivity contribution is 5.80. The molecule has 2 atom stereocenters. The zero-order valence-electron chi connectivity index (χ0n) is 17.9. The predicted molar refractivity (Wildman–Crippen MR) is 117 cm³/mol. The molecule has 0 unspecified atom stereocenters. The molecule has 148 valence electrons. The Morgan fingerprint density at radius 3 is 1.46 bits per heavy atom. The van der Waals surface area contributed by atoms with Crippen molar-refractivity contribution >= 4 is 5.78 Å². The van der Waals surface area contributed by atoms with Crippen molar-refractivity contribution in [3.63, 3.8) is 0 Å². The van der Waals surface area contributed by atoms with E-state index in [0.29, 0.717) is 29.5 Å². The number of ketones is 1. The summed E-state index contributed by atoms with van der Waals surface area (Å²) in [5, 5.41) is 0. The van der Waals surface area contributed by atoms with Crippen LogP contribution in [0.5, 0.6) is 0 Å². The highest BCUT2D eigenvalue weighted by Crippen LogP contribution is 2.48. The second-order valence-electron chi connectivity index (χ2n) is 9.55. The molecule has 1 heteroatoms. The number of carbonyl (C=O) groups excluding carboxylic acids is 1. The molecule has 0 spiro atoms. The summed E-state index contributed by atoms with van der Waals surface area (Å²) in [5.74, 6) is 2.74. The lowest BCUT2D eigenvalue weighted by molar-refractivity contribution is -0.120. The second-order valence-corrected chi connectivity index (χ2v) is 9.55. The van der Waals surface area contributed by atoms with E-state index < -0.39 is 0 Å². The largest absolute Gasteiger partial charge is 0.300 e. The third kappa shape index (κ3) is 4.40. The highest BCUT2D eigenvalue weighted by Gasteiger charge is 2.37. The number of carbonyl (C=O) groups is 1. The molecule has 0 aliphatic heterocycles. The molecule has 2 saturated carbocycles. The molecule has 2 aromatic carbocycles. The van der Waals surface area contributed by atoms with E-state index in [-0.39, 0.29) is 0 Å². The molecule has 28 heavy (non-hydrogen) atoms. The summed E-state index contributed by atoms with van der Waals surface area (Å²) in [7, 11) is 0. The topological polar surface area (TPSA) is 17.1 Å². The van der Waals surface area contributed by atoms with Gasteiger partial charge in [-0.2, -0.15) is 0 Å². The van der Waals surface area contributed by atoms with Crippen LogP contribution in [0.2, 0.25) is 0 Å². The Hall–Kier alpha value is -1.89. The zero-order chi connectivity index (χ0) is 19.8. The van der Waals surface area contributed by atoms with Crippen molar-refractivity contribution in [1.29, 1.82) is 0 Å². The standard InChI is InChI=1S/C27H34O/c1-17-5-11-24(19(3)13-17)26(21-7-8-21)15-23(28)16-27(22-9-10-22)25-12-6-18(2)14-20(25)4/h5-6,11-14,21-22,26-27H,7-10,15-16H2,1-4H3/t26-,27-/m1/s1. The molecular formula is C27H34O. The van der Waals surface area contributed by atoms with Gasteiger partial charge in [0.05, 0.1) is 0 Å². The van der Waals surface area contributed by atoms with Crippen molar-refractivity contribution < 1.29 is 4.79 Å². The number of rotatable bonds is 8. The normalized spacial score (nSPS) is 18.7. The van der Waals surface area contributed by atoms with E-state index in [2.05, 4.69) is 64.1 Å². The van der Waals surface area contributed by atoms with Crippen LogP contribution in [0.15, 0.2) is 36.4 Å². The SMILES string of the molecule is Cc1ccc([C@H](CC(=O)C[C@@H](c2ccc(C)cc2C)C2CC2)C2CC2)c(C)c1. The first-order valence-corrected chi connectivity index (χ1v) is 11.1. The van der Waals surface area contributed by atoms with E-state index in [4.69, 9.17) is 0 Å². The molecule has 0 N–H and O–H groups in total. The van der Waals surface area contributed by atoms with Crippen molar-refractivity contribution in [2.24, 2.45) is 11.8 Å². The van der Waals surface area contributed by atoms with Crippen molar-refractivity contribution in [2.45, 2.75) is 78.1 Å². The first-order valence-electron chi connectivity index (χ1n) is 11.1. The van der Waals surface area contributed by atoms with Gasteiger partial charge in [-0.25, -0.2) is 0 Å². The molecule has 2 fully saturated rings. The van der Waals surface area contributed by atoms with Crippen LogP contribution >= 0.6 is 0 Å². The highest BCUT2D eigenvalue weighted by atomic mass is 16.1. The number of hydrogen-bond acceptors (Lipinski definition) is 1. The first-order chi connectivity index (χ1) is 13.4. The summed E-state index contributed by atoms with van der Waals surface area (Å²) in [5.41, 5.74) is 8.17. The van der Waals surface area contributed by atoms with Gasteiger partial charge in [0.25, 0.3) is 0 Å². The lowest BCUT2D eigenvalue weighted by Gasteiger charge is -2.22. The van der Waals surface area contributed by atoms with Gasteiger partial charge >= 0.3 is 0 Å². The fourth-order valence-electron chi connectivity index (χ4n) is 5.12. The van der Waals surface area contributed by atoms with Gasteiger partial charge in [-0.05, 0) is 99.3 Å². The summed E-state index contributed by atoms with van der Waals surface area (Å²) >= 11 is 0. The Bertz CT molecular complexity index is 798. The summed E-state index contributed by atoms with van der Waals surface area (Å²) in [4.78, 5) is 13.2. The van der Waals surface area contributed by atoms with E-state index in [1.807, 2.05) is 0 Å². The quantitative estimate of drug-likeness (QED) is 0.488. The van der Waals surface area contributed by atoms with Crippen LogP contribution in [-0.4, -0.2) is 5.78 Å². The summed E-state index contributed by atoms with van der Waals surface area (Å²) < 4.78 is 0. The van der Waals surface area contributed by atoms with Crippen LogP contribution in [0, 0.1) is 39.5 Å². The van der Waals surface area contributed by atoms with Gasteiger partial charge in [0.1, 0.15) is 5.78 Å². The third-order valence-corrected chi connectivity index (χ3v) is 6.93. The molecular weight excluding hydrogens is 340 g/mol. The minimum Gasteiger partial charge on any atom is -0.300 e. The summed E-state index contributed by atoms with van der Waals surface area (Å²) in [6.07, 6.45) is 6.59. The maximum Gasteiger partial charge on any atom is 0.134 e. The Kier molecular flexibility index (Phi) is 5.45. The minimum atomic E-state index is 0.423. The minimum absolute atomic E-state index is 0.423. The van der Waals surface area contributed by atoms with Crippen molar-refractivity contribution in [3.8, 4) is 0 Å². The Morgan fingerprint density at radius 1 is 0.750 bits per heavy atom. The van der Waals surface area contributed by atoms with Gasteiger partial charge < -0.3 is 0 Å². The first kappa shape index (κ1) is 19.4. The van der Waals surface area contributed by atoms with Gasteiger partial charge in [0, 0.05) is 12.8 Å². The van der Waals surface area contributed by atoms with Crippen LogP contribution in [0.25, 0.3) is 0 Å². The second kappa shape index (κ2) is 7.85. The predicted octanol–water partition coefficient (Wildman–Crippen LogP) is 6.96. The van der Waals surface area contributed by atoms with Gasteiger partial charge in [-0.1, -0.05) is 47.5 Å². The fourth-order valence-corrected chi connectivity index (χ4v) is 5.12. The van der Waals surface area contributed by atoms with E-state index in [9.17, 15) is 4.79 Å². The molecule has 0 heterocycles. The van der Waals surface area contributed by atoms with Crippen LogP contribution < -0.4 is 0 Å². The zero-order valence-corrected chi connectivity index (χ0v) is 17.9. The van der Waals surface area contributed by atoms with Crippen molar-refractivity contribution in [1.82, 2.24) is 0 Å². The van der Waals surface area contributed by atoms with E-state index >= 15 is 0 Å². The van der Waals surface area contributed by atoms with Crippen LogP contribution in [-0.2, 0) is 4.79 Å².